The van der Waals surface area contributed by atoms with Gasteiger partial charge in [-0.2, -0.15) is 5.10 Å². The summed E-state index contributed by atoms with van der Waals surface area (Å²) in [4.78, 5) is 0. The topological polar surface area (TPSA) is 27.1 Å². The normalized spacial score (nSPS) is 10.3. The van der Waals surface area contributed by atoms with Crippen LogP contribution in [0.2, 0.25) is 0 Å². The molecular weight excluding hydrogens is 188 g/mol. The minimum atomic E-state index is 0.874. The lowest BCUT2D eigenvalue weighted by atomic mass is 10.1. The molecule has 78 valence electrons. The lowest BCUT2D eigenvalue weighted by Gasteiger charge is -2.05. The van der Waals surface area contributed by atoms with Crippen molar-refractivity contribution in [1.29, 1.82) is 0 Å². The average molecular weight is 202 g/mol. The van der Waals surface area contributed by atoms with Crippen LogP contribution < -0.4 is 4.74 Å². The number of aromatic nitrogens is 2. The summed E-state index contributed by atoms with van der Waals surface area (Å²) in [5.41, 5.74) is 3.49. The van der Waals surface area contributed by atoms with E-state index in [0.29, 0.717) is 0 Å². The van der Waals surface area contributed by atoms with Crippen molar-refractivity contribution in [3.63, 3.8) is 0 Å². The van der Waals surface area contributed by atoms with Gasteiger partial charge in [-0.25, -0.2) is 0 Å². The summed E-state index contributed by atoms with van der Waals surface area (Å²) < 4.78 is 7.01. The fourth-order valence-corrected chi connectivity index (χ4v) is 1.71. The van der Waals surface area contributed by atoms with Gasteiger partial charge in [-0.05, 0) is 36.8 Å². The summed E-state index contributed by atoms with van der Waals surface area (Å²) in [5, 5.41) is 4.22. The highest BCUT2D eigenvalue weighted by molar-refractivity contribution is 5.63. The summed E-state index contributed by atoms with van der Waals surface area (Å²) in [7, 11) is 3.62. The van der Waals surface area contributed by atoms with E-state index in [0.717, 1.165) is 17.0 Å². The van der Waals surface area contributed by atoms with Gasteiger partial charge in [0, 0.05) is 12.6 Å². The van der Waals surface area contributed by atoms with E-state index in [1.54, 1.807) is 7.11 Å². The Morgan fingerprint density at radius 1 is 1.20 bits per heavy atom. The zero-order valence-corrected chi connectivity index (χ0v) is 9.19. The van der Waals surface area contributed by atoms with Crippen molar-refractivity contribution in [2.45, 2.75) is 6.92 Å². The SMILES string of the molecule is COc1ccc(-c2c(C)cnn2C)cc1. The maximum absolute atomic E-state index is 5.12. The van der Waals surface area contributed by atoms with Crippen molar-refractivity contribution < 1.29 is 4.74 Å². The van der Waals surface area contributed by atoms with Gasteiger partial charge in [0.15, 0.2) is 0 Å². The standard InChI is InChI=1S/C12H14N2O/c1-9-8-13-14(2)12(9)10-4-6-11(15-3)7-5-10/h4-8H,1-3H3. The number of hydrogen-bond acceptors (Lipinski definition) is 2. The molecule has 2 rings (SSSR count). The van der Waals surface area contributed by atoms with Crippen LogP contribution in [0.15, 0.2) is 30.5 Å². The lowest BCUT2D eigenvalue weighted by molar-refractivity contribution is 0.415. The molecule has 0 saturated heterocycles. The van der Waals surface area contributed by atoms with Crippen LogP contribution in [-0.2, 0) is 7.05 Å². The Balaban J connectivity index is 2.45. The predicted octanol–water partition coefficient (Wildman–Crippen LogP) is 2.40. The maximum atomic E-state index is 5.12. The molecule has 0 atom stereocenters. The second kappa shape index (κ2) is 3.77. The van der Waals surface area contributed by atoms with Gasteiger partial charge in [-0.15, -0.1) is 0 Å². The van der Waals surface area contributed by atoms with Crippen LogP contribution in [0, 0.1) is 6.92 Å². The summed E-state index contributed by atoms with van der Waals surface area (Å²) in [6.45, 7) is 2.06. The molecule has 0 amide bonds. The number of ether oxygens (including phenoxy) is 1. The zero-order valence-electron chi connectivity index (χ0n) is 9.19. The Labute approximate surface area is 89.3 Å². The Hall–Kier alpha value is -1.77. The zero-order chi connectivity index (χ0) is 10.8. The van der Waals surface area contributed by atoms with E-state index in [2.05, 4.69) is 12.0 Å². The van der Waals surface area contributed by atoms with Crippen molar-refractivity contribution in [3.8, 4) is 17.0 Å². The first-order chi connectivity index (χ1) is 7.22. The minimum absolute atomic E-state index is 0.874. The highest BCUT2D eigenvalue weighted by Crippen LogP contribution is 2.24. The molecular formula is C12H14N2O. The highest BCUT2D eigenvalue weighted by Gasteiger charge is 2.06. The van der Waals surface area contributed by atoms with E-state index in [-0.39, 0.29) is 0 Å². The van der Waals surface area contributed by atoms with Gasteiger partial charge in [0.1, 0.15) is 5.75 Å². The molecule has 1 aromatic carbocycles. The van der Waals surface area contributed by atoms with Crippen molar-refractivity contribution in [3.05, 3.63) is 36.0 Å². The Bertz CT molecular complexity index is 437. The maximum Gasteiger partial charge on any atom is 0.118 e. The second-order valence-corrected chi connectivity index (χ2v) is 3.53. The van der Waals surface area contributed by atoms with E-state index in [1.807, 2.05) is 42.2 Å². The van der Waals surface area contributed by atoms with Crippen molar-refractivity contribution in [2.75, 3.05) is 7.11 Å². The predicted molar refractivity (Wildman–Crippen MR) is 59.9 cm³/mol. The first-order valence-corrected chi connectivity index (χ1v) is 4.85. The van der Waals surface area contributed by atoms with Crippen LogP contribution in [-0.4, -0.2) is 16.9 Å². The molecule has 0 radical (unpaired) electrons. The lowest BCUT2D eigenvalue weighted by Crippen LogP contribution is -1.94. The van der Waals surface area contributed by atoms with Gasteiger partial charge in [-0.1, -0.05) is 0 Å². The Kier molecular flexibility index (Phi) is 2.46. The van der Waals surface area contributed by atoms with Crippen LogP contribution in [0.5, 0.6) is 5.75 Å². The van der Waals surface area contributed by atoms with Crippen LogP contribution in [0.4, 0.5) is 0 Å². The fourth-order valence-electron chi connectivity index (χ4n) is 1.71. The smallest absolute Gasteiger partial charge is 0.118 e. The number of nitrogens with zero attached hydrogens (tertiary/aromatic N) is 2. The molecule has 1 heterocycles. The third-order valence-electron chi connectivity index (χ3n) is 2.49. The van der Waals surface area contributed by atoms with Gasteiger partial charge < -0.3 is 4.74 Å². The Morgan fingerprint density at radius 3 is 2.33 bits per heavy atom. The highest BCUT2D eigenvalue weighted by atomic mass is 16.5. The molecule has 2 aromatic rings. The van der Waals surface area contributed by atoms with E-state index in [4.69, 9.17) is 4.74 Å². The van der Waals surface area contributed by atoms with E-state index in [9.17, 15) is 0 Å². The Morgan fingerprint density at radius 2 is 1.87 bits per heavy atom. The van der Waals surface area contributed by atoms with Gasteiger partial charge in [0.25, 0.3) is 0 Å². The monoisotopic (exact) mass is 202 g/mol. The van der Waals surface area contributed by atoms with Crippen LogP contribution in [0.1, 0.15) is 5.56 Å². The number of hydrogen-bond donors (Lipinski definition) is 0. The van der Waals surface area contributed by atoms with Gasteiger partial charge in [0.05, 0.1) is 19.0 Å². The molecule has 0 aliphatic carbocycles. The van der Waals surface area contributed by atoms with Gasteiger partial charge in [0.2, 0.25) is 0 Å². The van der Waals surface area contributed by atoms with Crippen molar-refractivity contribution in [2.24, 2.45) is 7.05 Å². The number of rotatable bonds is 2. The molecule has 1 aromatic heterocycles. The molecule has 15 heavy (non-hydrogen) atoms. The molecule has 0 saturated carbocycles. The van der Waals surface area contributed by atoms with Gasteiger partial charge >= 0.3 is 0 Å². The fraction of sp³-hybridized carbons (Fsp3) is 0.250. The molecule has 0 unspecified atom stereocenters. The van der Waals surface area contributed by atoms with E-state index in [1.165, 1.54) is 5.56 Å². The molecule has 0 bridgehead atoms. The average Bonchev–Trinajstić information content (AvgIpc) is 2.59. The van der Waals surface area contributed by atoms with Crippen molar-refractivity contribution >= 4 is 0 Å². The molecule has 0 aliphatic heterocycles. The van der Waals surface area contributed by atoms with Gasteiger partial charge in [-0.3, -0.25) is 4.68 Å². The number of methoxy groups -OCH3 is 1. The summed E-state index contributed by atoms with van der Waals surface area (Å²) in [6, 6.07) is 8.01. The first-order valence-electron chi connectivity index (χ1n) is 4.85. The first kappa shape index (κ1) is 9.77. The van der Waals surface area contributed by atoms with E-state index < -0.39 is 0 Å². The quantitative estimate of drug-likeness (QED) is 0.747. The molecule has 3 nitrogen and oxygen atoms in total. The minimum Gasteiger partial charge on any atom is -0.497 e. The van der Waals surface area contributed by atoms with Crippen LogP contribution in [0.3, 0.4) is 0 Å². The summed E-state index contributed by atoms with van der Waals surface area (Å²) in [5.74, 6) is 0.874. The molecule has 0 aliphatic rings. The molecule has 0 fully saturated rings. The third kappa shape index (κ3) is 1.73. The summed E-state index contributed by atoms with van der Waals surface area (Å²) >= 11 is 0. The largest absolute Gasteiger partial charge is 0.497 e. The van der Waals surface area contributed by atoms with Crippen molar-refractivity contribution in [1.82, 2.24) is 9.78 Å². The van der Waals surface area contributed by atoms with Crippen LogP contribution >= 0.6 is 0 Å². The molecule has 0 spiro atoms. The number of aryl methyl sites for hydroxylation is 2. The third-order valence-corrected chi connectivity index (χ3v) is 2.49. The molecule has 3 heteroatoms. The molecule has 0 N–H and O–H groups in total. The summed E-state index contributed by atoms with van der Waals surface area (Å²) in [6.07, 6.45) is 1.87. The second-order valence-electron chi connectivity index (χ2n) is 3.53. The van der Waals surface area contributed by atoms with Crippen LogP contribution in [0.25, 0.3) is 11.3 Å². The number of benzene rings is 1. The van der Waals surface area contributed by atoms with E-state index >= 15 is 0 Å².